The average molecular weight is 274 g/mol. The molecule has 20 heavy (non-hydrogen) atoms. The fraction of sp³-hybridized carbons (Fsp3) is 0.154. The van der Waals surface area contributed by atoms with Crippen molar-refractivity contribution in [2.75, 3.05) is 12.4 Å². The van der Waals surface area contributed by atoms with Crippen LogP contribution >= 0.6 is 0 Å². The second kappa shape index (κ2) is 5.98. The molecule has 4 N–H and O–H groups in total. The Morgan fingerprint density at radius 1 is 1.20 bits per heavy atom. The molecule has 0 aliphatic carbocycles. The lowest BCUT2D eigenvalue weighted by molar-refractivity contribution is 0.102. The Bertz CT molecular complexity index is 704. The van der Waals surface area contributed by atoms with E-state index in [1.54, 1.807) is 12.1 Å². The van der Waals surface area contributed by atoms with Crippen LogP contribution in [0, 0.1) is 0 Å². The third kappa shape index (κ3) is 3.42. The average Bonchev–Trinajstić information content (AvgIpc) is 2.38. The number of carbonyl (C=O) groups excluding carboxylic acids is 1. The van der Waals surface area contributed by atoms with Crippen LogP contribution in [0.2, 0.25) is 0 Å². The number of hydrogen-bond donors (Lipinski definition) is 4. The molecule has 1 aromatic heterocycles. The van der Waals surface area contributed by atoms with Gasteiger partial charge >= 0.3 is 5.69 Å². The van der Waals surface area contributed by atoms with Crippen LogP contribution in [-0.2, 0) is 6.54 Å². The summed E-state index contributed by atoms with van der Waals surface area (Å²) in [6.45, 7) is 0.672. The van der Waals surface area contributed by atoms with Gasteiger partial charge in [0.1, 0.15) is 5.69 Å². The van der Waals surface area contributed by atoms with Crippen LogP contribution in [0.15, 0.2) is 39.9 Å². The molecule has 1 amide bonds. The van der Waals surface area contributed by atoms with E-state index in [4.69, 9.17) is 0 Å². The number of hydrogen-bond acceptors (Lipinski definition) is 4. The summed E-state index contributed by atoms with van der Waals surface area (Å²) in [5.41, 5.74) is 0.167. The van der Waals surface area contributed by atoms with Crippen LogP contribution in [0.1, 0.15) is 16.1 Å². The van der Waals surface area contributed by atoms with Gasteiger partial charge in [-0.05, 0) is 24.7 Å². The van der Waals surface area contributed by atoms with E-state index in [9.17, 15) is 14.4 Å². The first-order valence-electron chi connectivity index (χ1n) is 5.97. The number of benzene rings is 1. The largest absolute Gasteiger partial charge is 0.326 e. The third-order valence-corrected chi connectivity index (χ3v) is 2.57. The summed E-state index contributed by atoms with van der Waals surface area (Å²) >= 11 is 0. The summed E-state index contributed by atoms with van der Waals surface area (Å²) in [6.07, 6.45) is 0. The molecule has 2 aromatic rings. The minimum absolute atomic E-state index is 0.0854. The van der Waals surface area contributed by atoms with Crippen molar-refractivity contribution >= 4 is 11.6 Å². The van der Waals surface area contributed by atoms with E-state index in [0.29, 0.717) is 12.2 Å². The molecule has 1 heterocycles. The lowest BCUT2D eigenvalue weighted by Gasteiger charge is -2.07. The first kappa shape index (κ1) is 13.8. The van der Waals surface area contributed by atoms with Crippen molar-refractivity contribution in [1.82, 2.24) is 15.3 Å². The number of carbonyl (C=O) groups is 1. The second-order valence-electron chi connectivity index (χ2n) is 4.19. The molecule has 0 fully saturated rings. The molecule has 1 aromatic carbocycles. The van der Waals surface area contributed by atoms with Gasteiger partial charge in [-0.15, -0.1) is 0 Å². The van der Waals surface area contributed by atoms with E-state index >= 15 is 0 Å². The molecule has 0 saturated carbocycles. The maximum Gasteiger partial charge on any atom is 0.326 e. The summed E-state index contributed by atoms with van der Waals surface area (Å²) in [5.74, 6) is -0.546. The van der Waals surface area contributed by atoms with Gasteiger partial charge in [0.2, 0.25) is 0 Å². The van der Waals surface area contributed by atoms with Gasteiger partial charge < -0.3 is 15.6 Å². The Morgan fingerprint density at radius 2 is 2.00 bits per heavy atom. The fourth-order valence-electron chi connectivity index (χ4n) is 1.75. The SMILES string of the molecule is CNCc1cccc(NC(=O)c2cc(=O)[nH]c(=O)[nH]2)c1. The highest BCUT2D eigenvalue weighted by molar-refractivity contribution is 6.02. The van der Waals surface area contributed by atoms with Gasteiger partial charge in [0.05, 0.1) is 0 Å². The predicted octanol–water partition coefficient (Wildman–Crippen LogP) is 0.0349. The Kier molecular flexibility index (Phi) is 4.11. The van der Waals surface area contributed by atoms with E-state index in [1.807, 2.05) is 24.2 Å². The number of aromatic nitrogens is 2. The number of H-pyrrole nitrogens is 2. The molecule has 0 bridgehead atoms. The minimum atomic E-state index is -0.716. The third-order valence-electron chi connectivity index (χ3n) is 2.57. The number of amides is 1. The van der Waals surface area contributed by atoms with Crippen molar-refractivity contribution in [3.63, 3.8) is 0 Å². The highest BCUT2D eigenvalue weighted by atomic mass is 16.2. The topological polar surface area (TPSA) is 107 Å². The van der Waals surface area contributed by atoms with Crippen LogP contribution in [0.5, 0.6) is 0 Å². The molecule has 0 atom stereocenters. The Morgan fingerprint density at radius 3 is 2.70 bits per heavy atom. The van der Waals surface area contributed by atoms with Gasteiger partial charge in [0.25, 0.3) is 11.5 Å². The molecule has 0 unspecified atom stereocenters. The number of anilines is 1. The summed E-state index contributed by atoms with van der Waals surface area (Å²) in [7, 11) is 1.83. The van der Waals surface area contributed by atoms with Crippen molar-refractivity contribution in [2.45, 2.75) is 6.54 Å². The second-order valence-corrected chi connectivity index (χ2v) is 4.19. The number of rotatable bonds is 4. The van der Waals surface area contributed by atoms with Crippen LogP contribution in [0.4, 0.5) is 5.69 Å². The van der Waals surface area contributed by atoms with E-state index in [1.165, 1.54) is 0 Å². The standard InChI is InChI=1S/C13H14N4O3/c1-14-7-8-3-2-4-9(5-8)15-12(19)10-6-11(18)17-13(20)16-10/h2-6,14H,7H2,1H3,(H,15,19)(H2,16,17,18,20). The van der Waals surface area contributed by atoms with E-state index in [2.05, 4.69) is 15.6 Å². The zero-order valence-corrected chi connectivity index (χ0v) is 10.8. The van der Waals surface area contributed by atoms with Gasteiger partial charge in [-0.1, -0.05) is 12.1 Å². The quantitative estimate of drug-likeness (QED) is 0.631. The smallest absolute Gasteiger partial charge is 0.321 e. The van der Waals surface area contributed by atoms with Crippen molar-refractivity contribution in [2.24, 2.45) is 0 Å². The highest BCUT2D eigenvalue weighted by Gasteiger charge is 2.08. The lowest BCUT2D eigenvalue weighted by Crippen LogP contribution is -2.27. The normalized spacial score (nSPS) is 10.2. The van der Waals surface area contributed by atoms with Crippen molar-refractivity contribution in [1.29, 1.82) is 0 Å². The zero-order chi connectivity index (χ0) is 14.5. The molecular weight excluding hydrogens is 260 g/mol. The van der Waals surface area contributed by atoms with Gasteiger partial charge in [-0.2, -0.15) is 0 Å². The van der Waals surface area contributed by atoms with E-state index in [-0.39, 0.29) is 5.69 Å². The van der Waals surface area contributed by atoms with Gasteiger partial charge in [0.15, 0.2) is 0 Å². The van der Waals surface area contributed by atoms with E-state index in [0.717, 1.165) is 11.6 Å². The first-order chi connectivity index (χ1) is 9.58. The molecular formula is C13H14N4O3. The van der Waals surface area contributed by atoms with E-state index < -0.39 is 17.2 Å². The molecule has 0 radical (unpaired) electrons. The molecule has 0 aliphatic heterocycles. The highest BCUT2D eigenvalue weighted by Crippen LogP contribution is 2.11. The lowest BCUT2D eigenvalue weighted by atomic mass is 10.2. The van der Waals surface area contributed by atoms with Crippen LogP contribution < -0.4 is 21.9 Å². The van der Waals surface area contributed by atoms with Crippen molar-refractivity contribution in [3.05, 3.63) is 62.4 Å². The molecule has 7 heteroatoms. The molecule has 2 rings (SSSR count). The minimum Gasteiger partial charge on any atom is -0.321 e. The first-order valence-corrected chi connectivity index (χ1v) is 5.97. The summed E-state index contributed by atoms with van der Waals surface area (Å²) in [4.78, 5) is 38.5. The maximum atomic E-state index is 11.9. The molecule has 0 aliphatic rings. The number of nitrogens with one attached hydrogen (secondary N) is 4. The van der Waals surface area contributed by atoms with Gasteiger partial charge in [0, 0.05) is 18.3 Å². The Hall–Kier alpha value is -2.67. The zero-order valence-electron chi connectivity index (χ0n) is 10.8. The van der Waals surface area contributed by atoms with Crippen molar-refractivity contribution < 1.29 is 4.79 Å². The summed E-state index contributed by atoms with van der Waals surface area (Å²) in [6, 6.07) is 8.29. The molecule has 104 valence electrons. The fourth-order valence-corrected chi connectivity index (χ4v) is 1.75. The Balaban J connectivity index is 2.21. The molecule has 0 spiro atoms. The maximum absolute atomic E-state index is 11.9. The van der Waals surface area contributed by atoms with Crippen LogP contribution in [0.25, 0.3) is 0 Å². The van der Waals surface area contributed by atoms with Crippen molar-refractivity contribution in [3.8, 4) is 0 Å². The van der Waals surface area contributed by atoms with Gasteiger partial charge in [-0.3, -0.25) is 14.6 Å². The van der Waals surface area contributed by atoms with Crippen LogP contribution in [0.3, 0.4) is 0 Å². The van der Waals surface area contributed by atoms with Crippen LogP contribution in [-0.4, -0.2) is 22.9 Å². The Labute approximate surface area is 114 Å². The predicted molar refractivity (Wildman–Crippen MR) is 74.8 cm³/mol. The summed E-state index contributed by atoms with van der Waals surface area (Å²) in [5, 5.41) is 5.63. The monoisotopic (exact) mass is 274 g/mol. The number of aromatic amines is 2. The van der Waals surface area contributed by atoms with Gasteiger partial charge in [-0.25, -0.2) is 4.79 Å². The molecule has 7 nitrogen and oxygen atoms in total. The molecule has 0 saturated heterocycles. The summed E-state index contributed by atoms with van der Waals surface area (Å²) < 4.78 is 0.